The molecule has 0 spiro atoms. The molecule has 0 bridgehead atoms. The van der Waals surface area contributed by atoms with Gasteiger partial charge in [-0.3, -0.25) is 0 Å². The van der Waals surface area contributed by atoms with E-state index in [9.17, 15) is 0 Å². The molecule has 2 unspecified atom stereocenters. The van der Waals surface area contributed by atoms with Crippen LogP contribution in [0.15, 0.2) is 54.6 Å². The highest BCUT2D eigenvalue weighted by Crippen LogP contribution is 2.42. The van der Waals surface area contributed by atoms with Crippen LogP contribution in [0.5, 0.6) is 0 Å². The average Bonchev–Trinajstić information content (AvgIpc) is 2.88. The molecule has 2 atom stereocenters. The van der Waals surface area contributed by atoms with Crippen molar-refractivity contribution in [2.24, 2.45) is 7.05 Å². The molecule has 4 rings (SSSR count). The summed E-state index contributed by atoms with van der Waals surface area (Å²) in [5, 5.41) is 1.38. The van der Waals surface area contributed by atoms with E-state index in [4.69, 9.17) is 4.74 Å². The maximum atomic E-state index is 6.44. The molecule has 2 aromatic carbocycles. The summed E-state index contributed by atoms with van der Waals surface area (Å²) in [5.41, 5.74) is 5.41. The molecular formula is C20H21NO. The van der Waals surface area contributed by atoms with Gasteiger partial charge in [-0.25, -0.2) is 0 Å². The third-order valence-electron chi connectivity index (χ3n) is 4.83. The Balaban J connectivity index is 1.87. The molecule has 1 aliphatic heterocycles. The number of fused-ring (bicyclic) bond motifs is 3. The van der Waals surface area contributed by atoms with E-state index in [0.29, 0.717) is 0 Å². The predicted molar refractivity (Wildman–Crippen MR) is 89.9 cm³/mol. The minimum Gasteiger partial charge on any atom is -0.364 e. The van der Waals surface area contributed by atoms with Crippen LogP contribution in [0.4, 0.5) is 0 Å². The maximum absolute atomic E-state index is 6.44. The van der Waals surface area contributed by atoms with Gasteiger partial charge in [0.2, 0.25) is 0 Å². The van der Waals surface area contributed by atoms with Crippen LogP contribution in [0.3, 0.4) is 0 Å². The summed E-state index contributed by atoms with van der Waals surface area (Å²) in [6.07, 6.45) is 2.29. The Bertz CT molecular complexity index is 803. The van der Waals surface area contributed by atoms with Crippen molar-refractivity contribution < 1.29 is 4.74 Å². The normalized spacial score (nSPS) is 21.0. The highest BCUT2D eigenvalue weighted by atomic mass is 16.5. The van der Waals surface area contributed by atoms with Gasteiger partial charge >= 0.3 is 0 Å². The van der Waals surface area contributed by atoms with Gasteiger partial charge in [-0.1, -0.05) is 55.5 Å². The van der Waals surface area contributed by atoms with E-state index in [1.165, 1.54) is 27.7 Å². The first-order chi connectivity index (χ1) is 10.8. The van der Waals surface area contributed by atoms with Gasteiger partial charge in [0.15, 0.2) is 0 Å². The molecule has 0 aliphatic carbocycles. The molecule has 1 aliphatic rings. The summed E-state index contributed by atoms with van der Waals surface area (Å²) in [5.74, 6) is 0. The number of aromatic nitrogens is 1. The third-order valence-corrected chi connectivity index (χ3v) is 4.83. The average molecular weight is 291 g/mol. The van der Waals surface area contributed by atoms with Gasteiger partial charge in [0.1, 0.15) is 0 Å². The zero-order chi connectivity index (χ0) is 15.1. The van der Waals surface area contributed by atoms with Gasteiger partial charge in [-0.2, -0.15) is 0 Å². The highest BCUT2D eigenvalue weighted by molar-refractivity contribution is 5.86. The fraction of sp³-hybridized carbons (Fsp3) is 0.300. The predicted octanol–water partition coefficient (Wildman–Crippen LogP) is 4.94. The van der Waals surface area contributed by atoms with Crippen LogP contribution in [0.2, 0.25) is 0 Å². The fourth-order valence-electron chi connectivity index (χ4n) is 3.77. The number of hydrogen-bond acceptors (Lipinski definition) is 1. The van der Waals surface area contributed by atoms with Crippen LogP contribution in [0, 0.1) is 0 Å². The number of ether oxygens (including phenoxy) is 1. The van der Waals surface area contributed by atoms with Crippen LogP contribution in [-0.4, -0.2) is 4.57 Å². The SMILES string of the molecule is CCC1OC(c2ccccc2)Cc2c1n(C)c1ccccc21. The van der Waals surface area contributed by atoms with Crippen LogP contribution in [0.25, 0.3) is 10.9 Å². The van der Waals surface area contributed by atoms with Crippen molar-refractivity contribution in [3.05, 3.63) is 71.4 Å². The van der Waals surface area contributed by atoms with Crippen LogP contribution >= 0.6 is 0 Å². The van der Waals surface area contributed by atoms with E-state index >= 15 is 0 Å². The molecule has 0 N–H and O–H groups in total. The lowest BCUT2D eigenvalue weighted by molar-refractivity contribution is -0.0326. The number of rotatable bonds is 2. The molecule has 0 radical (unpaired) electrons. The molecular weight excluding hydrogens is 270 g/mol. The van der Waals surface area contributed by atoms with Crippen molar-refractivity contribution >= 4 is 10.9 Å². The van der Waals surface area contributed by atoms with Gasteiger partial charge in [0, 0.05) is 24.4 Å². The Hall–Kier alpha value is -2.06. The van der Waals surface area contributed by atoms with Gasteiger partial charge in [0.25, 0.3) is 0 Å². The van der Waals surface area contributed by atoms with Gasteiger partial charge in [-0.05, 0) is 23.6 Å². The van der Waals surface area contributed by atoms with Gasteiger partial charge in [0.05, 0.1) is 17.9 Å². The third kappa shape index (κ3) is 1.98. The lowest BCUT2D eigenvalue weighted by atomic mass is 9.93. The molecule has 22 heavy (non-hydrogen) atoms. The van der Waals surface area contributed by atoms with Crippen LogP contribution in [0.1, 0.15) is 42.4 Å². The summed E-state index contributed by atoms with van der Waals surface area (Å²) >= 11 is 0. The molecule has 0 saturated heterocycles. The molecule has 0 amide bonds. The lowest BCUT2D eigenvalue weighted by Gasteiger charge is -2.31. The summed E-state index contributed by atoms with van der Waals surface area (Å²) in [4.78, 5) is 0. The van der Waals surface area contributed by atoms with Crippen molar-refractivity contribution in [1.29, 1.82) is 0 Å². The van der Waals surface area contributed by atoms with E-state index in [0.717, 1.165) is 12.8 Å². The van der Waals surface area contributed by atoms with Crippen molar-refractivity contribution in [3.63, 3.8) is 0 Å². The molecule has 0 saturated carbocycles. The molecule has 3 aromatic rings. The Morgan fingerprint density at radius 3 is 2.55 bits per heavy atom. The minimum absolute atomic E-state index is 0.157. The van der Waals surface area contributed by atoms with Crippen molar-refractivity contribution in [2.75, 3.05) is 0 Å². The Kier molecular flexibility index (Phi) is 3.27. The number of benzene rings is 2. The van der Waals surface area contributed by atoms with Gasteiger partial charge < -0.3 is 9.30 Å². The summed E-state index contributed by atoms with van der Waals surface area (Å²) < 4.78 is 8.76. The quantitative estimate of drug-likeness (QED) is 0.652. The van der Waals surface area contributed by atoms with Gasteiger partial charge in [-0.15, -0.1) is 0 Å². The van der Waals surface area contributed by atoms with Crippen molar-refractivity contribution in [3.8, 4) is 0 Å². The number of hydrogen-bond donors (Lipinski definition) is 0. The van der Waals surface area contributed by atoms with Crippen molar-refractivity contribution in [2.45, 2.75) is 32.0 Å². The molecule has 2 heteroatoms. The minimum atomic E-state index is 0.157. The highest BCUT2D eigenvalue weighted by Gasteiger charge is 2.31. The topological polar surface area (TPSA) is 14.2 Å². The van der Waals surface area contributed by atoms with Crippen molar-refractivity contribution in [1.82, 2.24) is 4.57 Å². The van der Waals surface area contributed by atoms with Crippen LogP contribution in [-0.2, 0) is 18.2 Å². The zero-order valence-electron chi connectivity index (χ0n) is 13.1. The first kappa shape index (κ1) is 13.6. The van der Waals surface area contributed by atoms with E-state index in [-0.39, 0.29) is 12.2 Å². The summed E-state index contributed by atoms with van der Waals surface area (Å²) in [7, 11) is 2.16. The van der Waals surface area contributed by atoms with Crippen LogP contribution < -0.4 is 0 Å². The Morgan fingerprint density at radius 2 is 1.77 bits per heavy atom. The number of para-hydroxylation sites is 1. The second kappa shape index (κ2) is 5.29. The second-order valence-electron chi connectivity index (χ2n) is 6.08. The molecule has 2 heterocycles. The van der Waals surface area contributed by atoms with E-state index < -0.39 is 0 Å². The standard InChI is InChI=1S/C20H21NO/c1-3-18-20-16(15-11-7-8-12-17(15)21(20)2)13-19(22-18)14-9-5-4-6-10-14/h4-12,18-19H,3,13H2,1-2H3. The van der Waals surface area contributed by atoms with E-state index in [1.807, 2.05) is 0 Å². The second-order valence-corrected chi connectivity index (χ2v) is 6.08. The Morgan fingerprint density at radius 1 is 1.05 bits per heavy atom. The molecule has 0 fully saturated rings. The Labute approximate surface area is 131 Å². The zero-order valence-corrected chi connectivity index (χ0v) is 13.1. The molecule has 2 nitrogen and oxygen atoms in total. The first-order valence-electron chi connectivity index (χ1n) is 8.06. The van der Waals surface area contributed by atoms with E-state index in [1.54, 1.807) is 0 Å². The molecule has 112 valence electrons. The smallest absolute Gasteiger partial charge is 0.0983 e. The lowest BCUT2D eigenvalue weighted by Crippen LogP contribution is -2.21. The summed E-state index contributed by atoms with van der Waals surface area (Å²) in [6.45, 7) is 2.21. The number of nitrogens with zero attached hydrogens (tertiary/aromatic N) is 1. The molecule has 1 aromatic heterocycles. The largest absolute Gasteiger partial charge is 0.364 e. The fourth-order valence-corrected chi connectivity index (χ4v) is 3.77. The first-order valence-corrected chi connectivity index (χ1v) is 8.06. The van der Waals surface area contributed by atoms with E-state index in [2.05, 4.69) is 73.1 Å². The number of aryl methyl sites for hydroxylation is 1. The monoisotopic (exact) mass is 291 g/mol. The maximum Gasteiger partial charge on any atom is 0.0983 e. The summed E-state index contributed by atoms with van der Waals surface area (Å²) in [6, 6.07) is 19.3.